The number of unbranched alkanes of at least 4 members (excludes halogenated alkanes) is 14. The topological polar surface area (TPSA) is 0 Å². The van der Waals surface area contributed by atoms with E-state index < -0.39 is 0 Å². The fourth-order valence-electron chi connectivity index (χ4n) is 3.47. The molecule has 0 saturated heterocycles. The highest BCUT2D eigenvalue weighted by atomic mass is 15.3. The average molecular weight is 339 g/mol. The minimum Gasteiger partial charge on any atom is -0.302 e. The number of allylic oxidation sites excluding steroid dienone is 1. The van der Waals surface area contributed by atoms with Gasteiger partial charge in [-0.15, -0.1) is 0 Å². The van der Waals surface area contributed by atoms with Crippen molar-refractivity contribution in [2.24, 2.45) is 0 Å². The quantitative estimate of drug-likeness (QED) is 0.176. The van der Waals surface area contributed by atoms with E-state index in [0.29, 0.717) is 0 Å². The molecule has 0 N–H and O–H groups in total. The van der Waals surface area contributed by atoms with Crippen molar-refractivity contribution in [3.63, 3.8) is 0 Å². The highest BCUT2D eigenvalue weighted by Crippen LogP contribution is 2.13. The van der Waals surface area contributed by atoms with Crippen LogP contribution in [0.1, 0.15) is 117 Å². The van der Waals surface area contributed by atoms with Crippen molar-refractivity contribution in [2.75, 3.05) is 20.6 Å². The lowest BCUT2D eigenvalue weighted by molar-refractivity contribution is -0.839. The number of rotatable bonds is 18. The van der Waals surface area contributed by atoms with Crippen molar-refractivity contribution in [3.05, 3.63) is 12.3 Å². The van der Waals surface area contributed by atoms with Gasteiger partial charge in [-0.3, -0.25) is 0 Å². The standard InChI is InChI=1S/C23H48N/c1-5-7-8-9-10-11-12-13-14-15-16-17-18-19-20-21-23-24(3,4)22-6-2/h21,23H,5-20,22H2,1-4H3/q+1. The molecule has 0 aliphatic rings. The molecule has 0 saturated carbocycles. The van der Waals surface area contributed by atoms with E-state index in [0.717, 1.165) is 4.48 Å². The molecule has 0 radical (unpaired) electrons. The maximum Gasteiger partial charge on any atom is 0.0913 e. The van der Waals surface area contributed by atoms with E-state index in [1.165, 1.54) is 109 Å². The molecule has 0 aromatic carbocycles. The van der Waals surface area contributed by atoms with Crippen molar-refractivity contribution in [1.82, 2.24) is 0 Å². The van der Waals surface area contributed by atoms with Crippen molar-refractivity contribution in [1.29, 1.82) is 0 Å². The molecule has 0 rings (SSSR count). The van der Waals surface area contributed by atoms with Crippen molar-refractivity contribution < 1.29 is 4.48 Å². The van der Waals surface area contributed by atoms with Crippen molar-refractivity contribution in [2.45, 2.75) is 117 Å². The zero-order chi connectivity index (χ0) is 17.9. The van der Waals surface area contributed by atoms with Crippen LogP contribution in [0.4, 0.5) is 0 Å². The Balaban J connectivity index is 3.19. The molecule has 0 aromatic rings. The summed E-state index contributed by atoms with van der Waals surface area (Å²) in [6, 6.07) is 0. The molecule has 0 fully saturated rings. The summed E-state index contributed by atoms with van der Waals surface area (Å²) in [5.74, 6) is 0. The van der Waals surface area contributed by atoms with Crippen LogP contribution in [0, 0.1) is 0 Å². The Morgan fingerprint density at radius 2 is 0.958 bits per heavy atom. The fourth-order valence-corrected chi connectivity index (χ4v) is 3.47. The van der Waals surface area contributed by atoms with E-state index in [1.807, 2.05) is 0 Å². The first-order valence-electron chi connectivity index (χ1n) is 11.1. The van der Waals surface area contributed by atoms with Crippen molar-refractivity contribution in [3.8, 4) is 0 Å². The summed E-state index contributed by atoms with van der Waals surface area (Å²) in [6.07, 6.45) is 27.6. The molecular formula is C23H48N+. The molecule has 0 unspecified atom stereocenters. The predicted molar refractivity (Wildman–Crippen MR) is 111 cm³/mol. The van der Waals surface area contributed by atoms with Gasteiger partial charge in [-0.1, -0.05) is 97.3 Å². The number of quaternary nitrogens is 1. The molecule has 0 amide bonds. The molecule has 144 valence electrons. The smallest absolute Gasteiger partial charge is 0.0913 e. The Morgan fingerprint density at radius 3 is 1.38 bits per heavy atom. The monoisotopic (exact) mass is 338 g/mol. The van der Waals surface area contributed by atoms with Gasteiger partial charge in [0.05, 0.1) is 26.8 Å². The molecule has 0 atom stereocenters. The van der Waals surface area contributed by atoms with Gasteiger partial charge in [0.1, 0.15) is 0 Å². The molecular weight excluding hydrogens is 290 g/mol. The maximum absolute atomic E-state index is 2.40. The Labute approximate surface area is 154 Å². The number of hydrogen-bond acceptors (Lipinski definition) is 0. The zero-order valence-electron chi connectivity index (χ0n) is 17.6. The van der Waals surface area contributed by atoms with Crippen LogP contribution in [0.3, 0.4) is 0 Å². The van der Waals surface area contributed by atoms with E-state index >= 15 is 0 Å². The minimum absolute atomic E-state index is 1.04. The predicted octanol–water partition coefficient (Wildman–Crippen LogP) is 7.86. The second-order valence-electron chi connectivity index (χ2n) is 8.27. The average Bonchev–Trinajstić information content (AvgIpc) is 2.54. The largest absolute Gasteiger partial charge is 0.302 e. The van der Waals surface area contributed by atoms with Crippen molar-refractivity contribution >= 4 is 0 Å². The van der Waals surface area contributed by atoms with Gasteiger partial charge in [0.15, 0.2) is 0 Å². The summed E-state index contributed by atoms with van der Waals surface area (Å²) in [7, 11) is 4.59. The number of hydrogen-bond donors (Lipinski definition) is 0. The minimum atomic E-state index is 1.04. The molecule has 0 spiro atoms. The second-order valence-corrected chi connectivity index (χ2v) is 8.27. The fraction of sp³-hybridized carbons (Fsp3) is 0.913. The van der Waals surface area contributed by atoms with Gasteiger partial charge >= 0.3 is 0 Å². The molecule has 24 heavy (non-hydrogen) atoms. The molecule has 0 bridgehead atoms. The van der Waals surface area contributed by atoms with Crippen LogP contribution < -0.4 is 0 Å². The third-order valence-electron chi connectivity index (χ3n) is 5.03. The Morgan fingerprint density at radius 1 is 0.542 bits per heavy atom. The van der Waals surface area contributed by atoms with Gasteiger partial charge in [0.2, 0.25) is 0 Å². The first-order chi connectivity index (χ1) is 11.6. The van der Waals surface area contributed by atoms with Gasteiger partial charge < -0.3 is 4.48 Å². The van der Waals surface area contributed by atoms with E-state index in [2.05, 4.69) is 40.2 Å². The third kappa shape index (κ3) is 18.0. The van der Waals surface area contributed by atoms with E-state index in [1.54, 1.807) is 0 Å². The van der Waals surface area contributed by atoms with Crippen LogP contribution in [0.2, 0.25) is 0 Å². The molecule has 1 nitrogen and oxygen atoms in total. The SMILES string of the molecule is CCCCCCCCCCCCCCCCC=C[N+](C)(C)CCC. The zero-order valence-corrected chi connectivity index (χ0v) is 17.6. The van der Waals surface area contributed by atoms with Crippen LogP contribution >= 0.6 is 0 Å². The number of nitrogens with zero attached hydrogens (tertiary/aromatic N) is 1. The van der Waals surface area contributed by atoms with E-state index in [-0.39, 0.29) is 0 Å². The third-order valence-corrected chi connectivity index (χ3v) is 5.03. The Bertz CT molecular complexity index is 267. The lowest BCUT2D eigenvalue weighted by Crippen LogP contribution is -2.33. The second kappa shape index (κ2) is 17.5. The van der Waals surface area contributed by atoms with E-state index in [4.69, 9.17) is 0 Å². The highest BCUT2D eigenvalue weighted by molar-refractivity contribution is 4.73. The summed E-state index contributed by atoms with van der Waals surface area (Å²) >= 11 is 0. The Hall–Kier alpha value is -0.300. The first-order valence-corrected chi connectivity index (χ1v) is 11.1. The lowest BCUT2D eigenvalue weighted by Gasteiger charge is -2.24. The van der Waals surface area contributed by atoms with E-state index in [9.17, 15) is 0 Å². The highest BCUT2D eigenvalue weighted by Gasteiger charge is 2.07. The van der Waals surface area contributed by atoms with Gasteiger partial charge in [-0.05, 0) is 25.3 Å². The summed E-state index contributed by atoms with van der Waals surface area (Å²) < 4.78 is 1.04. The van der Waals surface area contributed by atoms with Crippen LogP contribution in [-0.4, -0.2) is 25.1 Å². The maximum atomic E-state index is 2.40. The molecule has 0 aliphatic heterocycles. The summed E-state index contributed by atoms with van der Waals surface area (Å²) in [5, 5.41) is 0. The molecule has 1 heteroatoms. The van der Waals surface area contributed by atoms with Gasteiger partial charge in [-0.2, -0.15) is 0 Å². The van der Waals surface area contributed by atoms with Crippen LogP contribution in [0.15, 0.2) is 12.3 Å². The lowest BCUT2D eigenvalue weighted by atomic mass is 10.0. The summed E-state index contributed by atoms with van der Waals surface area (Å²) in [4.78, 5) is 0. The van der Waals surface area contributed by atoms with Crippen LogP contribution in [-0.2, 0) is 0 Å². The van der Waals surface area contributed by atoms with Crippen LogP contribution in [0.5, 0.6) is 0 Å². The summed E-state index contributed by atoms with van der Waals surface area (Å²) in [6.45, 7) is 5.81. The molecule has 0 aromatic heterocycles. The summed E-state index contributed by atoms with van der Waals surface area (Å²) in [5.41, 5.74) is 0. The van der Waals surface area contributed by atoms with Gasteiger partial charge in [0.25, 0.3) is 0 Å². The normalized spacial score (nSPS) is 12.3. The molecule has 0 aliphatic carbocycles. The first kappa shape index (κ1) is 23.7. The Kier molecular flexibility index (Phi) is 17.3. The van der Waals surface area contributed by atoms with Crippen LogP contribution in [0.25, 0.3) is 0 Å². The van der Waals surface area contributed by atoms with Gasteiger partial charge in [0, 0.05) is 0 Å². The van der Waals surface area contributed by atoms with Gasteiger partial charge in [-0.25, -0.2) is 0 Å². The molecule has 0 heterocycles.